The fraction of sp³-hybridized carbons (Fsp3) is 0. The Morgan fingerprint density at radius 1 is 1.17 bits per heavy atom. The van der Waals surface area contributed by atoms with E-state index in [1.165, 1.54) is 0 Å². The molecule has 0 atom stereocenters. The van der Waals surface area contributed by atoms with Crippen LogP contribution in [0, 0.1) is 0 Å². The summed E-state index contributed by atoms with van der Waals surface area (Å²) >= 11 is 0. The number of nitrogens with zero attached hydrogens (tertiary/aromatic N) is 2. The van der Waals surface area contributed by atoms with Gasteiger partial charge in [-0.15, -0.1) is 0 Å². The zero-order valence-corrected chi connectivity index (χ0v) is 6.59. The molecule has 2 nitrogen and oxygen atoms in total. The van der Waals surface area contributed by atoms with Crippen LogP contribution in [0.1, 0.15) is 0 Å². The molecule has 2 aromatic heterocycles. The van der Waals surface area contributed by atoms with E-state index in [1.807, 2.05) is 54.0 Å². The predicted molar refractivity (Wildman–Crippen MR) is 47.1 cm³/mol. The zero-order chi connectivity index (χ0) is 8.23. The summed E-state index contributed by atoms with van der Waals surface area (Å²) in [5.41, 5.74) is 0. The van der Waals surface area contributed by atoms with Gasteiger partial charge < -0.3 is 0 Å². The third kappa shape index (κ3) is 1.40. The van der Waals surface area contributed by atoms with Gasteiger partial charge >= 0.3 is 71.0 Å². The molecule has 0 spiro atoms. The van der Waals surface area contributed by atoms with Gasteiger partial charge in [0.05, 0.1) is 0 Å². The van der Waals surface area contributed by atoms with Gasteiger partial charge in [0.2, 0.25) is 0 Å². The molecule has 0 bridgehead atoms. The molecule has 56 valence electrons. The number of hydrogen-bond donors (Lipinski definition) is 0. The Kier molecular flexibility index (Phi) is 1.95. The molecule has 12 heavy (non-hydrogen) atoms. The minimum atomic E-state index is 0.943. The van der Waals surface area contributed by atoms with Crippen molar-refractivity contribution in [1.29, 1.82) is 0 Å². The van der Waals surface area contributed by atoms with Crippen LogP contribution < -0.4 is 4.47 Å². The summed E-state index contributed by atoms with van der Waals surface area (Å²) in [6.07, 6.45) is 3.76. The molecule has 0 saturated carbocycles. The maximum absolute atomic E-state index is 4.21. The van der Waals surface area contributed by atoms with Gasteiger partial charge in [-0.25, -0.2) is 0 Å². The van der Waals surface area contributed by atoms with Crippen molar-refractivity contribution in [2.45, 2.75) is 0 Å². The minimum absolute atomic E-state index is 0.943. The van der Waals surface area contributed by atoms with Crippen LogP contribution in [0.2, 0.25) is 0 Å². The van der Waals surface area contributed by atoms with Crippen molar-refractivity contribution in [3.05, 3.63) is 48.7 Å². The summed E-state index contributed by atoms with van der Waals surface area (Å²) in [6.45, 7) is 0. The Balaban J connectivity index is 2.46. The molecule has 0 N–H and O–H groups in total. The molecule has 2 heterocycles. The van der Waals surface area contributed by atoms with Crippen molar-refractivity contribution < 1.29 is 4.47 Å². The van der Waals surface area contributed by atoms with E-state index < -0.39 is 0 Å². The summed E-state index contributed by atoms with van der Waals surface area (Å²) in [7, 11) is 1.97. The molecular weight excluding hydrogens is 147 g/mol. The molecule has 0 amide bonds. The van der Waals surface area contributed by atoms with Crippen molar-refractivity contribution in [3.8, 4) is 5.82 Å². The van der Waals surface area contributed by atoms with E-state index in [0.29, 0.717) is 0 Å². The van der Waals surface area contributed by atoms with Crippen molar-refractivity contribution in [2.75, 3.05) is 0 Å². The van der Waals surface area contributed by atoms with Crippen LogP contribution in [0.4, 0.5) is 0 Å². The van der Waals surface area contributed by atoms with E-state index in [4.69, 9.17) is 0 Å². The first-order valence-electron chi connectivity index (χ1n) is 3.84. The Hall–Kier alpha value is -1.51. The molecule has 0 aliphatic rings. The first-order chi connectivity index (χ1) is 5.97. The first kappa shape index (κ1) is 7.16. The Morgan fingerprint density at radius 2 is 2.17 bits per heavy atom. The van der Waals surface area contributed by atoms with E-state index in [2.05, 4.69) is 4.98 Å². The maximum atomic E-state index is 4.21. The fourth-order valence-corrected chi connectivity index (χ4v) is 1.06. The van der Waals surface area contributed by atoms with Crippen molar-refractivity contribution in [2.24, 2.45) is 0 Å². The molecule has 0 fully saturated rings. The summed E-state index contributed by atoms with van der Waals surface area (Å²) in [4.78, 5) is 4.21. The molecule has 0 radical (unpaired) electrons. The van der Waals surface area contributed by atoms with E-state index in [0.717, 1.165) is 5.82 Å². The normalized spacial score (nSPS) is 9.33. The third-order valence-corrected chi connectivity index (χ3v) is 1.63. The standard InChI is InChI=1S/C9H8BN2/c1-3-7-11-9(5-1)12-8-4-2-6-10-12/h1-8H/q+1. The summed E-state index contributed by atoms with van der Waals surface area (Å²) < 4.78 is 1.97. The van der Waals surface area contributed by atoms with Gasteiger partial charge in [0.25, 0.3) is 0 Å². The number of aromatic nitrogens is 2. The van der Waals surface area contributed by atoms with Crippen LogP contribution in [0.15, 0.2) is 48.7 Å². The number of pyridine rings is 1. The van der Waals surface area contributed by atoms with Crippen molar-refractivity contribution in [3.63, 3.8) is 0 Å². The molecule has 0 aliphatic heterocycles. The average Bonchev–Trinajstić information content (AvgIpc) is 2.21. The molecule has 0 saturated heterocycles. The SMILES string of the molecule is b1cccc[n+]1-c1ccccn1. The summed E-state index contributed by atoms with van der Waals surface area (Å²) in [5, 5.41) is 0. The van der Waals surface area contributed by atoms with Gasteiger partial charge in [0, 0.05) is 0 Å². The molecule has 0 unspecified atom stereocenters. The van der Waals surface area contributed by atoms with E-state index >= 15 is 0 Å². The van der Waals surface area contributed by atoms with Gasteiger partial charge in [-0.2, -0.15) is 0 Å². The van der Waals surface area contributed by atoms with Crippen LogP contribution in [-0.4, -0.2) is 12.0 Å². The van der Waals surface area contributed by atoms with Crippen LogP contribution in [-0.2, 0) is 0 Å². The molecule has 3 heteroatoms. The molecular formula is C9H8BN2+. The van der Waals surface area contributed by atoms with Crippen LogP contribution in [0.25, 0.3) is 5.82 Å². The fourth-order valence-electron chi connectivity index (χ4n) is 1.06. The van der Waals surface area contributed by atoms with Crippen LogP contribution in [0.5, 0.6) is 0 Å². The van der Waals surface area contributed by atoms with E-state index in [-0.39, 0.29) is 0 Å². The topological polar surface area (TPSA) is 16.8 Å². The van der Waals surface area contributed by atoms with Gasteiger partial charge in [-0.05, 0) is 0 Å². The quantitative estimate of drug-likeness (QED) is 0.592. The summed E-state index contributed by atoms with van der Waals surface area (Å²) in [6, 6.07) is 9.82. The first-order valence-corrected chi connectivity index (χ1v) is 3.84. The zero-order valence-electron chi connectivity index (χ0n) is 6.59. The monoisotopic (exact) mass is 155 g/mol. The van der Waals surface area contributed by atoms with Crippen LogP contribution in [0.3, 0.4) is 0 Å². The Bertz CT molecular complexity index is 310. The number of rotatable bonds is 1. The van der Waals surface area contributed by atoms with Gasteiger partial charge in [0.15, 0.2) is 0 Å². The number of hydrogen-bond acceptors (Lipinski definition) is 1. The van der Waals surface area contributed by atoms with Gasteiger partial charge in [-0.3, -0.25) is 0 Å². The van der Waals surface area contributed by atoms with Gasteiger partial charge in [-0.1, -0.05) is 0 Å². The molecule has 2 aromatic rings. The molecule has 0 aliphatic carbocycles. The van der Waals surface area contributed by atoms with Gasteiger partial charge in [0.1, 0.15) is 0 Å². The van der Waals surface area contributed by atoms with E-state index in [1.54, 1.807) is 6.20 Å². The Morgan fingerprint density at radius 3 is 2.83 bits per heavy atom. The second-order valence-corrected chi connectivity index (χ2v) is 2.47. The van der Waals surface area contributed by atoms with E-state index in [9.17, 15) is 0 Å². The second kappa shape index (κ2) is 3.26. The summed E-state index contributed by atoms with van der Waals surface area (Å²) in [5.74, 6) is 2.92. The third-order valence-electron chi connectivity index (χ3n) is 1.63. The van der Waals surface area contributed by atoms with Crippen molar-refractivity contribution >= 4 is 7.05 Å². The Labute approximate surface area is 71.8 Å². The van der Waals surface area contributed by atoms with Crippen molar-refractivity contribution in [1.82, 2.24) is 4.98 Å². The predicted octanol–water partition coefficient (Wildman–Crippen LogP) is 0.696. The average molecular weight is 155 g/mol. The van der Waals surface area contributed by atoms with Crippen LogP contribution >= 0.6 is 0 Å². The molecule has 2 rings (SSSR count). The molecule has 0 aromatic carbocycles. The second-order valence-electron chi connectivity index (χ2n) is 2.47.